The van der Waals surface area contributed by atoms with E-state index >= 15 is 0 Å². The first-order valence-corrected chi connectivity index (χ1v) is 15.6. The molecule has 6 rings (SSSR count). The zero-order valence-electron chi connectivity index (χ0n) is 21.7. The highest BCUT2D eigenvalue weighted by molar-refractivity contribution is 8.00. The number of rotatable bonds is 4. The maximum atomic E-state index is 14.0. The Labute approximate surface area is 258 Å². The van der Waals surface area contributed by atoms with Gasteiger partial charge in [-0.3, -0.25) is 0 Å². The van der Waals surface area contributed by atoms with Crippen LogP contribution in [0.5, 0.6) is 11.5 Å². The number of benzene rings is 4. The molecule has 5 nitrogen and oxygen atoms in total. The van der Waals surface area contributed by atoms with E-state index in [0.717, 1.165) is 29.2 Å². The molecule has 2 atom stereocenters. The van der Waals surface area contributed by atoms with Crippen LogP contribution in [0.25, 0.3) is 4.91 Å². The SMILES string of the molecule is O=S(=O)(C1=CCOc2c(F)ccc(F)c21)c1ccc(Cl)cc1.OC1COc2c(F)ccc(F)c2C1Sc1ccc(Cl)cc1. The van der Waals surface area contributed by atoms with E-state index in [-0.39, 0.29) is 39.9 Å². The molecule has 0 aromatic heterocycles. The van der Waals surface area contributed by atoms with Crippen LogP contribution in [0.15, 0.2) is 88.7 Å². The summed E-state index contributed by atoms with van der Waals surface area (Å²) >= 11 is 12.8. The van der Waals surface area contributed by atoms with E-state index in [1.165, 1.54) is 42.1 Å². The molecule has 4 aromatic rings. The van der Waals surface area contributed by atoms with Gasteiger partial charge in [-0.1, -0.05) is 23.2 Å². The van der Waals surface area contributed by atoms with Crippen LogP contribution in [0, 0.1) is 23.3 Å². The highest BCUT2D eigenvalue weighted by Gasteiger charge is 2.35. The maximum Gasteiger partial charge on any atom is 0.207 e. The molecule has 0 radical (unpaired) electrons. The quantitative estimate of drug-likeness (QED) is 0.222. The van der Waals surface area contributed by atoms with Crippen molar-refractivity contribution in [2.45, 2.75) is 21.1 Å². The molecule has 1 N–H and O–H groups in total. The standard InChI is InChI=1S/C15H9ClF2O3S.C15H11ClF2O2S/c16-9-1-3-10(4-2-9)22(19,20)13-7-8-21-15-12(18)6-5-11(17)14(13)15;16-8-1-3-9(4-2-8)21-15-12(19)7-20-14-11(18)6-5-10(17)13(14)15/h1-7H,8H2;1-6,12,15,19H,7H2. The first-order valence-electron chi connectivity index (χ1n) is 12.5. The Morgan fingerprint density at radius 1 is 0.744 bits per heavy atom. The second kappa shape index (κ2) is 12.8. The van der Waals surface area contributed by atoms with Gasteiger partial charge >= 0.3 is 0 Å². The van der Waals surface area contributed by atoms with Crippen LogP contribution < -0.4 is 9.47 Å². The Bertz CT molecular complexity index is 1800. The molecular formula is C30H20Cl2F4O5S2. The Kier molecular flexibility index (Phi) is 9.29. The molecule has 0 saturated heterocycles. The molecule has 2 unspecified atom stereocenters. The second-order valence-corrected chi connectivity index (χ2v) is 13.2. The van der Waals surface area contributed by atoms with Gasteiger partial charge in [0, 0.05) is 20.5 Å². The van der Waals surface area contributed by atoms with E-state index in [0.29, 0.717) is 10.0 Å². The fraction of sp³-hybridized carbons (Fsp3) is 0.133. The number of halogens is 6. The van der Waals surface area contributed by atoms with E-state index in [4.69, 9.17) is 32.7 Å². The maximum absolute atomic E-state index is 14.0. The summed E-state index contributed by atoms with van der Waals surface area (Å²) in [6.07, 6.45) is 0.295. The van der Waals surface area contributed by atoms with Gasteiger partial charge in [-0.05, 0) is 78.9 Å². The molecule has 2 heterocycles. The van der Waals surface area contributed by atoms with Crippen LogP contribution in [-0.4, -0.2) is 32.8 Å². The van der Waals surface area contributed by atoms with Crippen molar-refractivity contribution < 1.29 is 40.6 Å². The lowest BCUT2D eigenvalue weighted by Gasteiger charge is -2.30. The Morgan fingerprint density at radius 3 is 1.95 bits per heavy atom. The van der Waals surface area contributed by atoms with E-state index in [9.17, 15) is 31.1 Å². The molecule has 0 saturated carbocycles. The van der Waals surface area contributed by atoms with Crippen LogP contribution in [0.3, 0.4) is 0 Å². The highest BCUT2D eigenvalue weighted by atomic mass is 35.5. The number of aliphatic hydroxyl groups excluding tert-OH is 1. The summed E-state index contributed by atoms with van der Waals surface area (Å²) < 4.78 is 91.1. The smallest absolute Gasteiger partial charge is 0.207 e. The van der Waals surface area contributed by atoms with Crippen LogP contribution in [0.2, 0.25) is 10.0 Å². The minimum atomic E-state index is -4.02. The van der Waals surface area contributed by atoms with E-state index in [1.807, 2.05) is 0 Å². The Morgan fingerprint density at radius 2 is 1.30 bits per heavy atom. The van der Waals surface area contributed by atoms with Gasteiger partial charge in [-0.25, -0.2) is 26.0 Å². The topological polar surface area (TPSA) is 72.8 Å². The molecule has 0 spiro atoms. The van der Waals surface area contributed by atoms with Gasteiger partial charge in [0.15, 0.2) is 23.1 Å². The molecule has 224 valence electrons. The Hall–Kier alpha value is -3.22. The second-order valence-electron chi connectivity index (χ2n) is 9.21. The lowest BCUT2D eigenvalue weighted by atomic mass is 10.0. The van der Waals surface area contributed by atoms with Crippen LogP contribution in [0.1, 0.15) is 16.4 Å². The largest absolute Gasteiger partial charge is 0.487 e. The van der Waals surface area contributed by atoms with E-state index in [2.05, 4.69) is 0 Å². The first-order chi connectivity index (χ1) is 20.5. The third-order valence-electron chi connectivity index (χ3n) is 6.42. The van der Waals surface area contributed by atoms with Crippen molar-refractivity contribution in [3.8, 4) is 11.5 Å². The molecule has 0 aliphatic carbocycles. The van der Waals surface area contributed by atoms with Crippen molar-refractivity contribution in [1.29, 1.82) is 0 Å². The average molecular weight is 672 g/mol. The average Bonchev–Trinajstić information content (AvgIpc) is 2.99. The fourth-order valence-corrected chi connectivity index (χ4v) is 7.30. The molecule has 13 heteroatoms. The third kappa shape index (κ3) is 6.51. The molecule has 2 aliphatic heterocycles. The number of aliphatic hydroxyl groups is 1. The molecule has 2 aliphatic rings. The lowest BCUT2D eigenvalue weighted by Crippen LogP contribution is -2.30. The number of thioether (sulfide) groups is 1. The van der Waals surface area contributed by atoms with Crippen LogP contribution in [0.4, 0.5) is 17.6 Å². The van der Waals surface area contributed by atoms with Crippen molar-refractivity contribution in [2.75, 3.05) is 13.2 Å². The number of ether oxygens (including phenoxy) is 2. The highest BCUT2D eigenvalue weighted by Crippen LogP contribution is 2.46. The third-order valence-corrected chi connectivity index (χ3v) is 10.1. The molecule has 0 bridgehead atoms. The predicted molar refractivity (Wildman–Crippen MR) is 156 cm³/mol. The minimum absolute atomic E-state index is 0.0559. The zero-order chi connectivity index (χ0) is 30.9. The van der Waals surface area contributed by atoms with Crippen molar-refractivity contribution in [3.63, 3.8) is 0 Å². The van der Waals surface area contributed by atoms with Crippen molar-refractivity contribution >= 4 is 49.7 Å². The summed E-state index contributed by atoms with van der Waals surface area (Å²) in [6, 6.07) is 16.2. The molecule has 0 amide bonds. The number of sulfone groups is 1. The fourth-order valence-electron chi connectivity index (χ4n) is 4.40. The van der Waals surface area contributed by atoms with Crippen LogP contribution >= 0.6 is 35.0 Å². The lowest BCUT2D eigenvalue weighted by molar-refractivity contribution is 0.0846. The van der Waals surface area contributed by atoms with Gasteiger partial charge in [0.2, 0.25) is 9.84 Å². The summed E-state index contributed by atoms with van der Waals surface area (Å²) in [6.45, 7) is -0.228. The van der Waals surface area contributed by atoms with Crippen molar-refractivity contribution in [2.24, 2.45) is 0 Å². The zero-order valence-corrected chi connectivity index (χ0v) is 24.9. The normalized spacial score (nSPS) is 17.3. The summed E-state index contributed by atoms with van der Waals surface area (Å²) in [7, 11) is -4.02. The van der Waals surface area contributed by atoms with Gasteiger partial charge in [0.05, 0.1) is 20.6 Å². The van der Waals surface area contributed by atoms with Gasteiger partial charge in [0.1, 0.15) is 31.0 Å². The Balaban J connectivity index is 0.000000171. The number of fused-ring (bicyclic) bond motifs is 2. The van der Waals surface area contributed by atoms with Gasteiger partial charge in [0.25, 0.3) is 0 Å². The van der Waals surface area contributed by atoms with Gasteiger partial charge in [-0.15, -0.1) is 11.8 Å². The first kappa shape index (κ1) is 31.2. The number of hydrogen-bond donors (Lipinski definition) is 1. The number of hydrogen-bond acceptors (Lipinski definition) is 6. The molecule has 4 aromatic carbocycles. The molecular weight excluding hydrogens is 651 g/mol. The summed E-state index contributed by atoms with van der Waals surface area (Å²) in [5.74, 6) is -3.40. The molecule has 0 fully saturated rings. The van der Waals surface area contributed by atoms with E-state index < -0.39 is 50.2 Å². The minimum Gasteiger partial charge on any atom is -0.487 e. The summed E-state index contributed by atoms with van der Waals surface area (Å²) in [5.41, 5.74) is -0.324. The summed E-state index contributed by atoms with van der Waals surface area (Å²) in [5, 5.41) is 10.4. The van der Waals surface area contributed by atoms with Gasteiger partial charge in [-0.2, -0.15) is 0 Å². The monoisotopic (exact) mass is 670 g/mol. The molecule has 43 heavy (non-hydrogen) atoms. The van der Waals surface area contributed by atoms with E-state index in [1.54, 1.807) is 24.3 Å². The van der Waals surface area contributed by atoms with Gasteiger partial charge < -0.3 is 14.6 Å². The predicted octanol–water partition coefficient (Wildman–Crippen LogP) is 8.03. The summed E-state index contributed by atoms with van der Waals surface area (Å²) in [4.78, 5) is 0.438. The van der Waals surface area contributed by atoms with Crippen LogP contribution in [-0.2, 0) is 9.84 Å². The van der Waals surface area contributed by atoms with Crippen molar-refractivity contribution in [1.82, 2.24) is 0 Å². The van der Waals surface area contributed by atoms with Crippen molar-refractivity contribution in [3.05, 3.63) is 123 Å².